The van der Waals surface area contributed by atoms with Gasteiger partial charge >= 0.3 is 11.9 Å². The molecule has 4 heteroatoms. The lowest BCUT2D eigenvalue weighted by molar-refractivity contribution is -0.167. The van der Waals surface area contributed by atoms with E-state index < -0.39 is 17.4 Å². The van der Waals surface area contributed by atoms with Gasteiger partial charge in [0, 0.05) is 13.5 Å². The maximum absolute atomic E-state index is 11.4. The average molecular weight is 216 g/mol. The third-order valence-electron chi connectivity index (χ3n) is 1.89. The molecule has 4 nitrogen and oxygen atoms in total. The number of hydrogen-bond donors (Lipinski definition) is 0. The number of esters is 2. The molecule has 0 aliphatic rings. The van der Waals surface area contributed by atoms with E-state index in [0.29, 0.717) is 6.61 Å². The number of carbonyl (C=O) groups is 2. The van der Waals surface area contributed by atoms with Crippen LogP contribution in [0.2, 0.25) is 0 Å². The van der Waals surface area contributed by atoms with Gasteiger partial charge < -0.3 is 9.47 Å². The molecule has 0 saturated heterocycles. The van der Waals surface area contributed by atoms with Crippen molar-refractivity contribution in [2.45, 2.75) is 40.5 Å². The first-order valence-electron chi connectivity index (χ1n) is 5.20. The first kappa shape index (κ1) is 14.1. The SMILES string of the molecule is CCCCOCC(C)(C)C(=O)OC(C)=O. The molecule has 0 N–H and O–H groups in total. The van der Waals surface area contributed by atoms with Crippen molar-refractivity contribution in [2.24, 2.45) is 5.41 Å². The molecular weight excluding hydrogens is 196 g/mol. The highest BCUT2D eigenvalue weighted by Gasteiger charge is 2.30. The fourth-order valence-electron chi connectivity index (χ4n) is 0.901. The smallest absolute Gasteiger partial charge is 0.321 e. The van der Waals surface area contributed by atoms with Crippen LogP contribution in [0.25, 0.3) is 0 Å². The van der Waals surface area contributed by atoms with Gasteiger partial charge in [-0.25, -0.2) is 0 Å². The minimum atomic E-state index is -0.764. The monoisotopic (exact) mass is 216 g/mol. The van der Waals surface area contributed by atoms with E-state index in [1.165, 1.54) is 6.92 Å². The van der Waals surface area contributed by atoms with Crippen molar-refractivity contribution in [1.82, 2.24) is 0 Å². The topological polar surface area (TPSA) is 52.6 Å². The average Bonchev–Trinajstić information content (AvgIpc) is 2.11. The summed E-state index contributed by atoms with van der Waals surface area (Å²) in [5, 5.41) is 0. The summed E-state index contributed by atoms with van der Waals surface area (Å²) in [6.07, 6.45) is 2.02. The van der Waals surface area contributed by atoms with Crippen molar-refractivity contribution in [3.63, 3.8) is 0 Å². The van der Waals surface area contributed by atoms with Gasteiger partial charge in [0.05, 0.1) is 12.0 Å². The van der Waals surface area contributed by atoms with Gasteiger partial charge in [0.15, 0.2) is 0 Å². The summed E-state index contributed by atoms with van der Waals surface area (Å²) in [6, 6.07) is 0. The Morgan fingerprint density at radius 3 is 2.33 bits per heavy atom. The van der Waals surface area contributed by atoms with E-state index >= 15 is 0 Å². The summed E-state index contributed by atoms with van der Waals surface area (Å²) < 4.78 is 9.84. The molecule has 0 rings (SSSR count). The highest BCUT2D eigenvalue weighted by atomic mass is 16.6. The standard InChI is InChI=1S/C11H20O4/c1-5-6-7-14-8-11(3,4)10(13)15-9(2)12/h5-8H2,1-4H3. The second-order valence-electron chi connectivity index (χ2n) is 4.17. The molecule has 0 saturated carbocycles. The van der Waals surface area contributed by atoms with E-state index in [2.05, 4.69) is 11.7 Å². The Hall–Kier alpha value is -0.900. The molecule has 0 aromatic heterocycles. The Kier molecular flexibility index (Phi) is 6.17. The Bertz CT molecular complexity index is 221. The van der Waals surface area contributed by atoms with Gasteiger partial charge in [0.25, 0.3) is 0 Å². The third kappa shape index (κ3) is 6.23. The van der Waals surface area contributed by atoms with Gasteiger partial charge in [-0.1, -0.05) is 13.3 Å². The molecule has 0 spiro atoms. The lowest BCUT2D eigenvalue weighted by Gasteiger charge is -2.21. The largest absolute Gasteiger partial charge is 0.393 e. The van der Waals surface area contributed by atoms with Gasteiger partial charge in [-0.2, -0.15) is 0 Å². The van der Waals surface area contributed by atoms with Crippen LogP contribution in [0, 0.1) is 5.41 Å². The zero-order chi connectivity index (χ0) is 11.9. The van der Waals surface area contributed by atoms with Gasteiger partial charge in [-0.3, -0.25) is 9.59 Å². The molecule has 0 aromatic rings. The van der Waals surface area contributed by atoms with Crippen molar-refractivity contribution >= 4 is 11.9 Å². The Labute approximate surface area is 90.9 Å². The van der Waals surface area contributed by atoms with Crippen LogP contribution in [-0.2, 0) is 19.1 Å². The molecule has 0 radical (unpaired) electrons. The molecule has 0 unspecified atom stereocenters. The number of carbonyl (C=O) groups excluding carboxylic acids is 2. The molecule has 88 valence electrons. The maximum atomic E-state index is 11.4. The molecule has 15 heavy (non-hydrogen) atoms. The van der Waals surface area contributed by atoms with Gasteiger partial charge in [0.1, 0.15) is 0 Å². The summed E-state index contributed by atoms with van der Waals surface area (Å²) in [5.74, 6) is -1.12. The minimum absolute atomic E-state index is 0.277. The molecule has 0 fully saturated rings. The number of unbranched alkanes of at least 4 members (excludes halogenated alkanes) is 1. The van der Waals surface area contributed by atoms with E-state index in [1.54, 1.807) is 13.8 Å². The summed E-state index contributed by atoms with van der Waals surface area (Å²) in [7, 11) is 0. The predicted octanol–water partition coefficient (Wildman–Crippen LogP) is 1.92. The lowest BCUT2D eigenvalue weighted by Crippen LogP contribution is -2.32. The molecule has 0 bridgehead atoms. The van der Waals surface area contributed by atoms with Gasteiger partial charge in [0.2, 0.25) is 0 Å². The van der Waals surface area contributed by atoms with Crippen LogP contribution >= 0.6 is 0 Å². The Morgan fingerprint density at radius 2 is 1.87 bits per heavy atom. The van der Waals surface area contributed by atoms with Crippen LogP contribution in [-0.4, -0.2) is 25.2 Å². The normalized spacial score (nSPS) is 11.2. The van der Waals surface area contributed by atoms with Crippen LogP contribution < -0.4 is 0 Å². The maximum Gasteiger partial charge on any atom is 0.321 e. The number of ether oxygens (including phenoxy) is 2. The lowest BCUT2D eigenvalue weighted by atomic mass is 9.95. The second kappa shape index (κ2) is 6.56. The summed E-state index contributed by atoms with van der Waals surface area (Å²) in [6.45, 7) is 7.59. The van der Waals surface area contributed by atoms with Crippen molar-refractivity contribution in [2.75, 3.05) is 13.2 Å². The van der Waals surface area contributed by atoms with Gasteiger partial charge in [-0.05, 0) is 20.3 Å². The zero-order valence-electron chi connectivity index (χ0n) is 9.96. The van der Waals surface area contributed by atoms with Crippen LogP contribution in [0.5, 0.6) is 0 Å². The van der Waals surface area contributed by atoms with E-state index in [1.807, 2.05) is 0 Å². The van der Waals surface area contributed by atoms with E-state index in [4.69, 9.17) is 4.74 Å². The van der Waals surface area contributed by atoms with Gasteiger partial charge in [-0.15, -0.1) is 0 Å². The summed E-state index contributed by atoms with van der Waals surface area (Å²) in [5.41, 5.74) is -0.764. The molecule has 0 atom stereocenters. The quantitative estimate of drug-likeness (QED) is 0.386. The van der Waals surface area contributed by atoms with Crippen molar-refractivity contribution in [3.05, 3.63) is 0 Å². The Balaban J connectivity index is 3.94. The summed E-state index contributed by atoms with van der Waals surface area (Å²) >= 11 is 0. The van der Waals surface area contributed by atoms with Crippen LogP contribution in [0.3, 0.4) is 0 Å². The van der Waals surface area contributed by atoms with Crippen molar-refractivity contribution in [3.8, 4) is 0 Å². The number of hydrogen-bond acceptors (Lipinski definition) is 4. The Morgan fingerprint density at radius 1 is 1.27 bits per heavy atom. The van der Waals surface area contributed by atoms with Crippen molar-refractivity contribution < 1.29 is 19.1 Å². The molecule has 0 heterocycles. The fourth-order valence-corrected chi connectivity index (χ4v) is 0.901. The highest BCUT2D eigenvalue weighted by Crippen LogP contribution is 2.18. The van der Waals surface area contributed by atoms with E-state index in [-0.39, 0.29) is 6.61 Å². The summed E-state index contributed by atoms with van der Waals surface area (Å²) in [4.78, 5) is 22.0. The predicted molar refractivity (Wildman–Crippen MR) is 56.3 cm³/mol. The molecular formula is C11H20O4. The van der Waals surface area contributed by atoms with E-state index in [9.17, 15) is 9.59 Å². The third-order valence-corrected chi connectivity index (χ3v) is 1.89. The molecule has 0 aliphatic heterocycles. The fraction of sp³-hybridized carbons (Fsp3) is 0.818. The first-order valence-corrected chi connectivity index (χ1v) is 5.20. The first-order chi connectivity index (χ1) is 6.90. The minimum Gasteiger partial charge on any atom is -0.393 e. The van der Waals surface area contributed by atoms with Crippen LogP contribution in [0.4, 0.5) is 0 Å². The molecule has 0 amide bonds. The number of rotatable bonds is 6. The molecule has 0 aromatic carbocycles. The van der Waals surface area contributed by atoms with Crippen LogP contribution in [0.1, 0.15) is 40.5 Å². The zero-order valence-corrected chi connectivity index (χ0v) is 9.96. The molecule has 0 aliphatic carbocycles. The van der Waals surface area contributed by atoms with E-state index in [0.717, 1.165) is 12.8 Å². The van der Waals surface area contributed by atoms with Crippen molar-refractivity contribution in [1.29, 1.82) is 0 Å². The second-order valence-corrected chi connectivity index (χ2v) is 4.17. The highest BCUT2D eigenvalue weighted by molar-refractivity contribution is 5.87. The van der Waals surface area contributed by atoms with Crippen LogP contribution in [0.15, 0.2) is 0 Å².